The second-order valence-electron chi connectivity index (χ2n) is 2.91. The van der Waals surface area contributed by atoms with Crippen LogP contribution in [0.5, 0.6) is 0 Å². The molecule has 0 saturated carbocycles. The van der Waals surface area contributed by atoms with Gasteiger partial charge in [-0.05, 0) is 25.3 Å². The molecule has 1 rings (SSSR count). The molecule has 0 bridgehead atoms. The van der Waals surface area contributed by atoms with Crippen molar-refractivity contribution in [1.82, 2.24) is 0 Å². The van der Waals surface area contributed by atoms with Crippen LogP contribution in [-0.4, -0.2) is 0 Å². The van der Waals surface area contributed by atoms with Crippen molar-refractivity contribution in [3.8, 4) is 0 Å². The van der Waals surface area contributed by atoms with E-state index < -0.39 is 0 Å². The minimum atomic E-state index is 0.797. The van der Waals surface area contributed by atoms with Crippen molar-refractivity contribution in [2.45, 2.75) is 33.6 Å². The van der Waals surface area contributed by atoms with Gasteiger partial charge in [-0.15, -0.1) is 0 Å². The zero-order valence-corrected chi connectivity index (χ0v) is 10.0. The summed E-state index contributed by atoms with van der Waals surface area (Å²) < 4.78 is 0. The lowest BCUT2D eigenvalue weighted by Gasteiger charge is -2.11. The monoisotopic (exact) mass is 212 g/mol. The van der Waals surface area contributed by atoms with Gasteiger partial charge in [0.05, 0.1) is 0 Å². The molecule has 0 saturated heterocycles. The molecule has 80 valence electrons. The van der Waals surface area contributed by atoms with Crippen LogP contribution in [0.2, 0.25) is 0 Å². The van der Waals surface area contributed by atoms with Crippen molar-refractivity contribution in [2.24, 2.45) is 10.9 Å². The maximum absolute atomic E-state index is 5.77. The van der Waals surface area contributed by atoms with E-state index in [4.69, 9.17) is 10.9 Å². The molecule has 0 aromatic rings. The molecule has 0 spiro atoms. The molecular formula is C11H20N2S. The summed E-state index contributed by atoms with van der Waals surface area (Å²) in [5.74, 6) is 0. The number of rotatable bonds is 2. The Labute approximate surface area is 91.3 Å². The fraction of sp³-hybridized carbons (Fsp3) is 0.455. The lowest BCUT2D eigenvalue weighted by atomic mass is 9.98. The van der Waals surface area contributed by atoms with Crippen molar-refractivity contribution in [1.29, 1.82) is 0 Å². The van der Waals surface area contributed by atoms with E-state index in [9.17, 15) is 0 Å². The average molecular weight is 212 g/mol. The summed E-state index contributed by atoms with van der Waals surface area (Å²) >= 11 is 1.16. The molecule has 0 radical (unpaired) electrons. The summed E-state index contributed by atoms with van der Waals surface area (Å²) in [5.41, 5.74) is 9.17. The maximum atomic E-state index is 5.77. The van der Waals surface area contributed by atoms with E-state index in [-0.39, 0.29) is 0 Å². The Morgan fingerprint density at radius 1 is 1.36 bits per heavy atom. The van der Waals surface area contributed by atoms with Gasteiger partial charge in [0.2, 0.25) is 0 Å². The number of allylic oxidation sites excluding steroid dienone is 4. The highest BCUT2D eigenvalue weighted by Gasteiger charge is 2.04. The first-order valence-corrected chi connectivity index (χ1v) is 5.86. The Balaban J connectivity index is 0.000000791. The average Bonchev–Trinajstić information content (AvgIpc) is 2.22. The molecule has 14 heavy (non-hydrogen) atoms. The van der Waals surface area contributed by atoms with Crippen molar-refractivity contribution < 1.29 is 0 Å². The van der Waals surface area contributed by atoms with Gasteiger partial charge in [0, 0.05) is 11.1 Å². The third kappa shape index (κ3) is 4.53. The SMILES string of the molecule is CC.CC1=CC=C(/C(N)=C/SN)CC1. The Morgan fingerprint density at radius 3 is 2.43 bits per heavy atom. The van der Waals surface area contributed by atoms with Gasteiger partial charge in [0.15, 0.2) is 0 Å². The number of hydrogen-bond acceptors (Lipinski definition) is 3. The lowest BCUT2D eigenvalue weighted by molar-refractivity contribution is 0.909. The van der Waals surface area contributed by atoms with Crippen LogP contribution in [0.1, 0.15) is 33.6 Å². The summed E-state index contributed by atoms with van der Waals surface area (Å²) in [7, 11) is 0. The molecule has 4 N–H and O–H groups in total. The van der Waals surface area contributed by atoms with E-state index >= 15 is 0 Å². The molecule has 0 amide bonds. The standard InChI is InChI=1S/C9H14N2S.C2H6/c1-7-2-4-8(5-3-7)9(10)6-12-11;1-2/h2,4,6H,3,5,10-11H2,1H3;1-2H3/b9-6-;. The highest BCUT2D eigenvalue weighted by atomic mass is 32.2. The molecule has 3 heteroatoms. The van der Waals surface area contributed by atoms with Crippen molar-refractivity contribution in [3.63, 3.8) is 0 Å². The fourth-order valence-electron chi connectivity index (χ4n) is 1.13. The topological polar surface area (TPSA) is 52.0 Å². The molecule has 1 aliphatic carbocycles. The van der Waals surface area contributed by atoms with E-state index in [1.807, 2.05) is 13.8 Å². The predicted molar refractivity (Wildman–Crippen MR) is 66.5 cm³/mol. The van der Waals surface area contributed by atoms with Crippen LogP contribution in [-0.2, 0) is 0 Å². The van der Waals surface area contributed by atoms with Crippen molar-refractivity contribution in [2.75, 3.05) is 0 Å². The highest BCUT2D eigenvalue weighted by molar-refractivity contribution is 8.00. The first kappa shape index (κ1) is 13.3. The second-order valence-corrected chi connectivity index (χ2v) is 3.42. The molecule has 2 nitrogen and oxygen atoms in total. The smallest absolute Gasteiger partial charge is 0.0423 e. The van der Waals surface area contributed by atoms with Gasteiger partial charge in [0.25, 0.3) is 0 Å². The summed E-state index contributed by atoms with van der Waals surface area (Å²) in [6, 6.07) is 0. The molecule has 0 heterocycles. The van der Waals surface area contributed by atoms with Crippen LogP contribution in [0.25, 0.3) is 0 Å². The van der Waals surface area contributed by atoms with Gasteiger partial charge < -0.3 is 5.73 Å². The molecule has 0 fully saturated rings. The Hall–Kier alpha value is -0.670. The maximum Gasteiger partial charge on any atom is 0.0423 e. The number of nitrogens with two attached hydrogens (primary N) is 2. The van der Waals surface area contributed by atoms with E-state index in [2.05, 4.69) is 19.1 Å². The summed E-state index contributed by atoms with van der Waals surface area (Å²) in [4.78, 5) is 0. The van der Waals surface area contributed by atoms with Crippen molar-refractivity contribution >= 4 is 11.9 Å². The molecule has 0 atom stereocenters. The Morgan fingerprint density at radius 2 is 2.00 bits per heavy atom. The highest BCUT2D eigenvalue weighted by Crippen LogP contribution is 2.21. The van der Waals surface area contributed by atoms with Crippen LogP contribution in [0.15, 0.2) is 34.4 Å². The normalized spacial score (nSPS) is 16.4. The first-order valence-electron chi connectivity index (χ1n) is 4.92. The van der Waals surface area contributed by atoms with E-state index in [1.165, 1.54) is 11.1 Å². The minimum Gasteiger partial charge on any atom is -0.398 e. The molecule has 1 aliphatic rings. The molecule has 0 aromatic heterocycles. The lowest BCUT2D eigenvalue weighted by Crippen LogP contribution is -2.03. The zero-order chi connectivity index (χ0) is 11.0. The quantitative estimate of drug-likeness (QED) is 0.692. The van der Waals surface area contributed by atoms with Gasteiger partial charge in [-0.3, -0.25) is 5.14 Å². The molecular weight excluding hydrogens is 192 g/mol. The van der Waals surface area contributed by atoms with Crippen LogP contribution < -0.4 is 10.9 Å². The van der Waals surface area contributed by atoms with E-state index in [1.54, 1.807) is 5.41 Å². The summed E-state index contributed by atoms with van der Waals surface area (Å²) in [5, 5.41) is 7.06. The molecule has 0 aromatic carbocycles. The largest absolute Gasteiger partial charge is 0.398 e. The Kier molecular flexibility index (Phi) is 7.34. The van der Waals surface area contributed by atoms with Crippen LogP contribution in [0.3, 0.4) is 0 Å². The van der Waals surface area contributed by atoms with Crippen molar-refractivity contribution in [3.05, 3.63) is 34.4 Å². The molecule has 0 aliphatic heterocycles. The van der Waals surface area contributed by atoms with Gasteiger partial charge in [-0.25, -0.2) is 0 Å². The van der Waals surface area contributed by atoms with E-state index in [0.29, 0.717) is 0 Å². The summed E-state index contributed by atoms with van der Waals surface area (Å²) in [6.07, 6.45) is 6.32. The minimum absolute atomic E-state index is 0.797. The Bertz CT molecular complexity index is 252. The third-order valence-corrected chi connectivity index (χ3v) is 2.31. The molecule has 0 unspecified atom stereocenters. The fourth-order valence-corrected chi connectivity index (χ4v) is 1.43. The third-order valence-electron chi connectivity index (χ3n) is 1.92. The van der Waals surface area contributed by atoms with Crippen LogP contribution >= 0.6 is 11.9 Å². The van der Waals surface area contributed by atoms with E-state index in [0.717, 1.165) is 30.5 Å². The van der Waals surface area contributed by atoms with Crippen LogP contribution in [0.4, 0.5) is 0 Å². The van der Waals surface area contributed by atoms with Gasteiger partial charge >= 0.3 is 0 Å². The van der Waals surface area contributed by atoms with Gasteiger partial charge in [-0.1, -0.05) is 43.5 Å². The number of hydrogen-bond donors (Lipinski definition) is 2. The van der Waals surface area contributed by atoms with Gasteiger partial charge in [0.1, 0.15) is 0 Å². The second kappa shape index (κ2) is 7.71. The zero-order valence-electron chi connectivity index (χ0n) is 9.21. The predicted octanol–water partition coefficient (Wildman–Crippen LogP) is 3.09. The first-order chi connectivity index (χ1) is 6.74. The summed E-state index contributed by atoms with van der Waals surface area (Å²) in [6.45, 7) is 6.13. The van der Waals surface area contributed by atoms with Gasteiger partial charge in [-0.2, -0.15) is 0 Å². The van der Waals surface area contributed by atoms with Crippen LogP contribution in [0, 0.1) is 0 Å².